The molecule has 1 N–H and O–H groups in total. The van der Waals surface area contributed by atoms with Crippen LogP contribution >= 0.6 is 11.3 Å². The summed E-state index contributed by atoms with van der Waals surface area (Å²) in [6.07, 6.45) is 0.0155. The fraction of sp³-hybridized carbons (Fsp3) is 0.333. The second kappa shape index (κ2) is 8.58. The fourth-order valence-electron chi connectivity index (χ4n) is 3.20. The van der Waals surface area contributed by atoms with Gasteiger partial charge in [0.25, 0.3) is 5.91 Å². The third kappa shape index (κ3) is 3.95. The molecule has 1 atom stereocenters. The van der Waals surface area contributed by atoms with Gasteiger partial charge in [-0.3, -0.25) is 9.59 Å². The number of hydrogen-bond acceptors (Lipinski definition) is 6. The number of ether oxygens (including phenoxy) is 2. The van der Waals surface area contributed by atoms with Gasteiger partial charge in [-0.05, 0) is 43.0 Å². The third-order valence-electron chi connectivity index (χ3n) is 4.49. The van der Waals surface area contributed by atoms with Crippen LogP contribution in [0.25, 0.3) is 0 Å². The topological polar surface area (TPSA) is 76.1 Å². The number of Topliss-reactive ketones (excluding diaryl/α,β-unsaturated/α-hetero) is 1. The molecule has 1 aliphatic rings. The highest BCUT2D eigenvalue weighted by atomic mass is 32.1. The van der Waals surface area contributed by atoms with Gasteiger partial charge in [-0.15, -0.1) is 11.3 Å². The minimum Gasteiger partial charge on any atom is -0.503 e. The summed E-state index contributed by atoms with van der Waals surface area (Å²) in [4.78, 5) is 27.8. The van der Waals surface area contributed by atoms with Crippen molar-refractivity contribution in [1.29, 1.82) is 0 Å². The Kier molecular flexibility index (Phi) is 6.16. The van der Waals surface area contributed by atoms with E-state index in [-0.39, 0.29) is 24.0 Å². The Morgan fingerprint density at radius 1 is 1.29 bits per heavy atom. The quantitative estimate of drug-likeness (QED) is 0.682. The van der Waals surface area contributed by atoms with Crippen LogP contribution in [0.15, 0.2) is 53.1 Å². The normalized spacial score (nSPS) is 16.9. The lowest BCUT2D eigenvalue weighted by molar-refractivity contribution is -0.130. The SMILES string of the molecule is COc1cccc(C2C(C(=O)c3cccs3)=C(O)C(=O)N2CCOC(C)C)c1. The molecule has 7 heteroatoms. The van der Waals surface area contributed by atoms with Gasteiger partial charge in [0.1, 0.15) is 5.75 Å². The van der Waals surface area contributed by atoms with Gasteiger partial charge in [-0.1, -0.05) is 18.2 Å². The van der Waals surface area contributed by atoms with Crippen molar-refractivity contribution in [2.24, 2.45) is 0 Å². The molecule has 0 aliphatic carbocycles. The van der Waals surface area contributed by atoms with Crippen molar-refractivity contribution in [1.82, 2.24) is 4.90 Å². The zero-order valence-corrected chi connectivity index (χ0v) is 16.9. The Morgan fingerprint density at radius 2 is 2.07 bits per heavy atom. The van der Waals surface area contributed by atoms with E-state index < -0.39 is 17.7 Å². The van der Waals surface area contributed by atoms with Crippen LogP contribution in [-0.4, -0.2) is 48.1 Å². The zero-order chi connectivity index (χ0) is 20.3. The number of thiophene rings is 1. The van der Waals surface area contributed by atoms with Crippen molar-refractivity contribution in [3.63, 3.8) is 0 Å². The van der Waals surface area contributed by atoms with Gasteiger partial charge in [0.2, 0.25) is 5.78 Å². The molecule has 1 aromatic carbocycles. The summed E-state index contributed by atoms with van der Waals surface area (Å²) in [7, 11) is 1.55. The number of carbonyl (C=O) groups is 2. The number of rotatable bonds is 8. The molecule has 1 amide bonds. The molecule has 0 saturated heterocycles. The molecule has 0 fully saturated rings. The van der Waals surface area contributed by atoms with Crippen molar-refractivity contribution in [2.75, 3.05) is 20.3 Å². The Labute approximate surface area is 168 Å². The highest BCUT2D eigenvalue weighted by Gasteiger charge is 2.43. The number of aliphatic hydroxyl groups is 1. The highest BCUT2D eigenvalue weighted by molar-refractivity contribution is 7.12. The van der Waals surface area contributed by atoms with Crippen LogP contribution in [0.3, 0.4) is 0 Å². The van der Waals surface area contributed by atoms with Crippen LogP contribution in [0.1, 0.15) is 35.1 Å². The molecule has 1 unspecified atom stereocenters. The van der Waals surface area contributed by atoms with Crippen molar-refractivity contribution in [2.45, 2.75) is 26.0 Å². The minimum atomic E-state index is -0.701. The molecule has 0 bridgehead atoms. The van der Waals surface area contributed by atoms with Crippen molar-refractivity contribution in [3.8, 4) is 5.75 Å². The van der Waals surface area contributed by atoms with Gasteiger partial charge >= 0.3 is 0 Å². The van der Waals surface area contributed by atoms with Gasteiger partial charge in [0.05, 0.1) is 36.3 Å². The first kappa shape index (κ1) is 20.1. The summed E-state index contributed by atoms with van der Waals surface area (Å²) in [6, 6.07) is 9.92. The van der Waals surface area contributed by atoms with E-state index in [1.165, 1.54) is 16.2 Å². The van der Waals surface area contributed by atoms with Crippen LogP contribution in [0, 0.1) is 0 Å². The van der Waals surface area contributed by atoms with Crippen LogP contribution < -0.4 is 4.74 Å². The average Bonchev–Trinajstić information content (AvgIpc) is 3.30. The van der Waals surface area contributed by atoms with Crippen LogP contribution in [0.5, 0.6) is 5.75 Å². The Bertz CT molecular complexity index is 888. The van der Waals surface area contributed by atoms with Gasteiger partial charge in [0, 0.05) is 6.54 Å². The average molecular weight is 401 g/mol. The molecule has 1 aromatic heterocycles. The summed E-state index contributed by atoms with van der Waals surface area (Å²) >= 11 is 1.28. The number of benzene rings is 1. The van der Waals surface area contributed by atoms with E-state index >= 15 is 0 Å². The summed E-state index contributed by atoms with van der Waals surface area (Å²) in [5.41, 5.74) is 0.784. The molecule has 0 spiro atoms. The van der Waals surface area contributed by atoms with Gasteiger partial charge in [-0.2, -0.15) is 0 Å². The lowest BCUT2D eigenvalue weighted by atomic mass is 9.95. The summed E-state index contributed by atoms with van der Waals surface area (Å²) in [6.45, 7) is 4.38. The van der Waals surface area contributed by atoms with E-state index in [0.717, 1.165) is 0 Å². The molecular formula is C21H23NO5S. The molecule has 0 radical (unpaired) electrons. The summed E-state index contributed by atoms with van der Waals surface area (Å²) in [5, 5.41) is 12.4. The van der Waals surface area contributed by atoms with Gasteiger partial charge < -0.3 is 19.5 Å². The van der Waals surface area contributed by atoms with Gasteiger partial charge in [-0.25, -0.2) is 0 Å². The standard InChI is InChI=1S/C21H23NO5S/c1-13(2)27-10-9-22-18(14-6-4-7-15(12-14)26-3)17(20(24)21(22)25)19(23)16-8-5-11-28-16/h4-8,11-13,18,24H,9-10H2,1-3H3. The lowest BCUT2D eigenvalue weighted by Crippen LogP contribution is -2.34. The Morgan fingerprint density at radius 3 is 2.71 bits per heavy atom. The summed E-state index contributed by atoms with van der Waals surface area (Å²) < 4.78 is 10.9. The predicted molar refractivity (Wildman–Crippen MR) is 107 cm³/mol. The van der Waals surface area contributed by atoms with Crippen LogP contribution in [0.4, 0.5) is 0 Å². The summed E-state index contributed by atoms with van der Waals surface area (Å²) in [5.74, 6) is -0.811. The smallest absolute Gasteiger partial charge is 0.290 e. The minimum absolute atomic E-state index is 0.0155. The second-order valence-electron chi connectivity index (χ2n) is 6.67. The number of hydrogen-bond donors (Lipinski definition) is 1. The van der Waals surface area contributed by atoms with E-state index in [9.17, 15) is 14.7 Å². The fourth-order valence-corrected chi connectivity index (χ4v) is 3.88. The zero-order valence-electron chi connectivity index (χ0n) is 16.0. The van der Waals surface area contributed by atoms with E-state index in [2.05, 4.69) is 0 Å². The molecule has 2 aromatic rings. The van der Waals surface area contributed by atoms with Crippen molar-refractivity contribution in [3.05, 3.63) is 63.6 Å². The van der Waals surface area contributed by atoms with Gasteiger partial charge in [0.15, 0.2) is 5.76 Å². The maximum absolute atomic E-state index is 13.1. The molecule has 148 valence electrons. The van der Waals surface area contributed by atoms with Crippen LogP contribution in [-0.2, 0) is 9.53 Å². The first-order valence-corrected chi connectivity index (χ1v) is 9.89. The number of nitrogens with zero attached hydrogens (tertiary/aromatic N) is 1. The number of aliphatic hydroxyl groups excluding tert-OH is 1. The molecule has 6 nitrogen and oxygen atoms in total. The van der Waals surface area contributed by atoms with Crippen LogP contribution in [0.2, 0.25) is 0 Å². The van der Waals surface area contributed by atoms with Crippen molar-refractivity contribution >= 4 is 23.0 Å². The molecule has 0 saturated carbocycles. The Hall–Kier alpha value is -2.64. The first-order valence-electron chi connectivity index (χ1n) is 9.02. The number of methoxy groups -OCH3 is 1. The van der Waals surface area contributed by atoms with E-state index in [1.807, 2.05) is 19.9 Å². The monoisotopic (exact) mass is 401 g/mol. The van der Waals surface area contributed by atoms with E-state index in [1.54, 1.807) is 42.8 Å². The first-order chi connectivity index (χ1) is 13.4. The number of carbonyl (C=O) groups excluding carboxylic acids is 2. The molecule has 1 aliphatic heterocycles. The highest BCUT2D eigenvalue weighted by Crippen LogP contribution is 2.40. The maximum atomic E-state index is 13.1. The molecule has 2 heterocycles. The molecular weight excluding hydrogens is 378 g/mol. The van der Waals surface area contributed by atoms with Crippen molar-refractivity contribution < 1.29 is 24.2 Å². The third-order valence-corrected chi connectivity index (χ3v) is 5.35. The predicted octanol–water partition coefficient (Wildman–Crippen LogP) is 3.76. The largest absolute Gasteiger partial charge is 0.503 e. The molecule has 28 heavy (non-hydrogen) atoms. The van der Waals surface area contributed by atoms with E-state index in [4.69, 9.17) is 9.47 Å². The Balaban J connectivity index is 2.02. The molecule has 3 rings (SSSR count). The van der Waals surface area contributed by atoms with E-state index in [0.29, 0.717) is 22.8 Å². The number of ketones is 1. The second-order valence-corrected chi connectivity index (χ2v) is 7.61. The maximum Gasteiger partial charge on any atom is 0.290 e. The number of amides is 1. The lowest BCUT2D eigenvalue weighted by Gasteiger charge is -2.27.